The van der Waals surface area contributed by atoms with Crippen LogP contribution >= 0.6 is 0 Å². The summed E-state index contributed by atoms with van der Waals surface area (Å²) in [6.45, 7) is 5.07. The van der Waals surface area contributed by atoms with Gasteiger partial charge in [-0.05, 0) is 38.0 Å². The van der Waals surface area contributed by atoms with Gasteiger partial charge in [-0.15, -0.1) is 0 Å². The second kappa shape index (κ2) is 8.88. The van der Waals surface area contributed by atoms with Crippen LogP contribution in [0.4, 0.5) is 5.69 Å². The molecule has 28 heavy (non-hydrogen) atoms. The number of rotatable bonds is 7. The first-order chi connectivity index (χ1) is 13.4. The summed E-state index contributed by atoms with van der Waals surface area (Å²) in [5, 5.41) is 0. The lowest BCUT2D eigenvalue weighted by molar-refractivity contribution is -0.120. The maximum atomic E-state index is 13.3. The van der Waals surface area contributed by atoms with Gasteiger partial charge in [-0.25, -0.2) is 8.42 Å². The summed E-state index contributed by atoms with van der Waals surface area (Å²) in [4.78, 5) is 17.2. The highest BCUT2D eigenvalue weighted by atomic mass is 32.2. The van der Waals surface area contributed by atoms with E-state index in [-0.39, 0.29) is 36.0 Å². The summed E-state index contributed by atoms with van der Waals surface area (Å²) in [5.41, 5.74) is 1.91. The third-order valence-corrected chi connectivity index (χ3v) is 6.92. The zero-order chi connectivity index (χ0) is 20.1. The van der Waals surface area contributed by atoms with E-state index in [1.165, 1.54) is 0 Å². The van der Waals surface area contributed by atoms with Crippen molar-refractivity contribution in [1.82, 2.24) is 4.90 Å². The van der Waals surface area contributed by atoms with Crippen molar-refractivity contribution < 1.29 is 13.2 Å². The Morgan fingerprint density at radius 2 is 1.64 bits per heavy atom. The van der Waals surface area contributed by atoms with Crippen molar-refractivity contribution >= 4 is 21.4 Å². The summed E-state index contributed by atoms with van der Waals surface area (Å²) in [5.74, 6) is 0.123. The molecule has 0 N–H and O–H groups in total. The first-order valence-electron chi connectivity index (χ1n) is 9.71. The number of hydrogen-bond acceptors (Lipinski definition) is 4. The fourth-order valence-electron chi connectivity index (χ4n) is 3.61. The molecule has 0 bridgehead atoms. The van der Waals surface area contributed by atoms with Crippen LogP contribution in [0.25, 0.3) is 0 Å². The Morgan fingerprint density at radius 3 is 2.18 bits per heavy atom. The lowest BCUT2D eigenvalue weighted by Crippen LogP contribution is -2.47. The molecule has 1 fully saturated rings. The molecule has 1 heterocycles. The van der Waals surface area contributed by atoms with Crippen LogP contribution in [0.2, 0.25) is 0 Å². The Hall–Kier alpha value is -2.18. The molecule has 2 aromatic rings. The molecule has 1 aliphatic heterocycles. The standard InChI is InChI=1S/C22H28N2O3S/c1-18(2)23(15-19-9-5-3-6-10-19)16-22(25)24(20-11-7-4-8-12-20)21-13-14-28(26,27)17-21/h3-12,18,21H,13-17H2,1-2H3. The van der Waals surface area contributed by atoms with Crippen LogP contribution in [0.1, 0.15) is 25.8 Å². The van der Waals surface area contributed by atoms with Crippen LogP contribution in [-0.4, -0.2) is 49.4 Å². The quantitative estimate of drug-likeness (QED) is 0.717. The summed E-state index contributed by atoms with van der Waals surface area (Å²) >= 11 is 0. The minimum Gasteiger partial charge on any atom is -0.307 e. The summed E-state index contributed by atoms with van der Waals surface area (Å²) in [6, 6.07) is 19.4. The van der Waals surface area contributed by atoms with Gasteiger partial charge in [-0.1, -0.05) is 48.5 Å². The highest BCUT2D eigenvalue weighted by Gasteiger charge is 2.36. The Kier molecular flexibility index (Phi) is 6.52. The van der Waals surface area contributed by atoms with E-state index in [0.29, 0.717) is 13.0 Å². The molecular formula is C22H28N2O3S. The maximum Gasteiger partial charge on any atom is 0.241 e. The number of hydrogen-bond donors (Lipinski definition) is 0. The number of carbonyl (C=O) groups excluding carboxylic acids is 1. The van der Waals surface area contributed by atoms with Crippen LogP contribution in [0.15, 0.2) is 60.7 Å². The zero-order valence-electron chi connectivity index (χ0n) is 16.5. The maximum absolute atomic E-state index is 13.3. The van der Waals surface area contributed by atoms with Gasteiger partial charge in [0.2, 0.25) is 5.91 Å². The fraction of sp³-hybridized carbons (Fsp3) is 0.409. The molecule has 5 nitrogen and oxygen atoms in total. The smallest absolute Gasteiger partial charge is 0.241 e. The molecule has 2 aromatic carbocycles. The van der Waals surface area contributed by atoms with E-state index in [1.807, 2.05) is 48.5 Å². The van der Waals surface area contributed by atoms with Crippen LogP contribution in [-0.2, 0) is 21.2 Å². The first-order valence-corrected chi connectivity index (χ1v) is 11.5. The van der Waals surface area contributed by atoms with E-state index in [9.17, 15) is 13.2 Å². The minimum absolute atomic E-state index is 0.0357. The molecule has 1 unspecified atom stereocenters. The number of benzene rings is 2. The van der Waals surface area contributed by atoms with Crippen LogP contribution in [0.5, 0.6) is 0 Å². The third-order valence-electron chi connectivity index (χ3n) is 5.17. The van der Waals surface area contributed by atoms with Crippen molar-refractivity contribution in [3.8, 4) is 0 Å². The Bertz CT molecular complexity index is 883. The zero-order valence-corrected chi connectivity index (χ0v) is 17.3. The lowest BCUT2D eigenvalue weighted by Gasteiger charge is -2.33. The van der Waals surface area contributed by atoms with Gasteiger partial charge in [0.1, 0.15) is 0 Å². The van der Waals surface area contributed by atoms with Gasteiger partial charge in [0.15, 0.2) is 9.84 Å². The largest absolute Gasteiger partial charge is 0.307 e. The van der Waals surface area contributed by atoms with Crippen molar-refractivity contribution in [3.63, 3.8) is 0 Å². The molecule has 1 atom stereocenters. The highest BCUT2D eigenvalue weighted by Crippen LogP contribution is 2.25. The molecule has 0 aromatic heterocycles. The summed E-state index contributed by atoms with van der Waals surface area (Å²) in [7, 11) is -3.08. The van der Waals surface area contributed by atoms with E-state index < -0.39 is 9.84 Å². The molecule has 6 heteroatoms. The van der Waals surface area contributed by atoms with Gasteiger partial charge in [-0.2, -0.15) is 0 Å². The van der Waals surface area contributed by atoms with Crippen molar-refractivity contribution in [2.75, 3.05) is 23.0 Å². The number of sulfone groups is 1. The van der Waals surface area contributed by atoms with E-state index in [4.69, 9.17) is 0 Å². The average molecular weight is 401 g/mol. The highest BCUT2D eigenvalue weighted by molar-refractivity contribution is 7.91. The van der Waals surface area contributed by atoms with Crippen molar-refractivity contribution in [2.45, 2.75) is 38.9 Å². The average Bonchev–Trinajstić information content (AvgIpc) is 3.02. The van der Waals surface area contributed by atoms with Crippen molar-refractivity contribution in [3.05, 3.63) is 66.2 Å². The Balaban J connectivity index is 1.81. The predicted octanol–water partition coefficient (Wildman–Crippen LogP) is 3.12. The van der Waals surface area contributed by atoms with Gasteiger partial charge < -0.3 is 4.90 Å². The second-order valence-corrected chi connectivity index (χ2v) is 9.87. The third kappa shape index (κ3) is 5.20. The van der Waals surface area contributed by atoms with Gasteiger partial charge in [0, 0.05) is 18.3 Å². The van der Waals surface area contributed by atoms with E-state index in [2.05, 4.69) is 30.9 Å². The summed E-state index contributed by atoms with van der Waals surface area (Å²) in [6.07, 6.45) is 0.489. The van der Waals surface area contributed by atoms with Gasteiger partial charge >= 0.3 is 0 Å². The van der Waals surface area contributed by atoms with Crippen molar-refractivity contribution in [2.24, 2.45) is 0 Å². The molecule has 0 spiro atoms. The molecule has 0 radical (unpaired) electrons. The monoisotopic (exact) mass is 400 g/mol. The van der Waals surface area contributed by atoms with Crippen LogP contribution < -0.4 is 4.90 Å². The molecule has 3 rings (SSSR count). The van der Waals surface area contributed by atoms with Crippen molar-refractivity contribution in [1.29, 1.82) is 0 Å². The van der Waals surface area contributed by atoms with Crippen LogP contribution in [0.3, 0.4) is 0 Å². The number of anilines is 1. The minimum atomic E-state index is -3.08. The van der Waals surface area contributed by atoms with Gasteiger partial charge in [0.25, 0.3) is 0 Å². The number of para-hydroxylation sites is 1. The molecule has 150 valence electrons. The molecule has 0 saturated carbocycles. The normalized spacial score (nSPS) is 18.5. The molecule has 1 saturated heterocycles. The number of amides is 1. The topological polar surface area (TPSA) is 57.7 Å². The summed E-state index contributed by atoms with van der Waals surface area (Å²) < 4.78 is 24.0. The van der Waals surface area contributed by atoms with E-state index in [1.54, 1.807) is 4.90 Å². The Morgan fingerprint density at radius 1 is 1.04 bits per heavy atom. The first kappa shape index (κ1) is 20.6. The number of nitrogens with zero attached hydrogens (tertiary/aromatic N) is 2. The van der Waals surface area contributed by atoms with Gasteiger partial charge in [-0.3, -0.25) is 9.69 Å². The molecular weight excluding hydrogens is 372 g/mol. The van der Waals surface area contributed by atoms with E-state index in [0.717, 1.165) is 11.3 Å². The number of carbonyl (C=O) groups is 1. The second-order valence-electron chi connectivity index (χ2n) is 7.64. The van der Waals surface area contributed by atoms with Crippen LogP contribution in [0, 0.1) is 0 Å². The fourth-order valence-corrected chi connectivity index (χ4v) is 5.31. The molecule has 1 aliphatic rings. The molecule has 1 amide bonds. The SMILES string of the molecule is CC(C)N(CC(=O)N(c1ccccc1)C1CCS(=O)(=O)C1)Cc1ccccc1. The lowest BCUT2D eigenvalue weighted by atomic mass is 10.1. The molecule has 0 aliphatic carbocycles. The predicted molar refractivity (Wildman–Crippen MR) is 113 cm³/mol. The Labute approximate surface area is 167 Å². The van der Waals surface area contributed by atoms with E-state index >= 15 is 0 Å². The van der Waals surface area contributed by atoms with Gasteiger partial charge in [0.05, 0.1) is 24.1 Å².